The maximum Gasteiger partial charge on any atom is 0.321 e. The molecule has 0 saturated heterocycles. The van der Waals surface area contributed by atoms with Crippen LogP contribution in [0.2, 0.25) is 0 Å². The summed E-state index contributed by atoms with van der Waals surface area (Å²) < 4.78 is 0. The number of carbonyl (C=O) groups excluding carboxylic acids is 2. The molecule has 0 heterocycles. The number of carbonyl (C=O) groups is 2. The predicted octanol–water partition coefficient (Wildman–Crippen LogP) is -0.854. The predicted molar refractivity (Wildman–Crippen MR) is 56.4 cm³/mol. The molecule has 0 unspecified atom stereocenters. The molecule has 3 N–H and O–H groups in total. The van der Waals surface area contributed by atoms with Crippen LogP contribution in [0.4, 0.5) is 4.79 Å². The van der Waals surface area contributed by atoms with E-state index in [9.17, 15) is 9.59 Å². The van der Waals surface area contributed by atoms with Crippen LogP contribution in [0.5, 0.6) is 0 Å². The molecule has 0 rings (SSSR count). The lowest BCUT2D eigenvalue weighted by Gasteiger charge is -2.17. The molecule has 0 spiro atoms. The van der Waals surface area contributed by atoms with Crippen molar-refractivity contribution < 1.29 is 14.7 Å². The van der Waals surface area contributed by atoms with Gasteiger partial charge in [-0.3, -0.25) is 15.0 Å². The first kappa shape index (κ1) is 13.9. The lowest BCUT2D eigenvalue weighted by Crippen LogP contribution is -2.44. The minimum Gasteiger partial charge on any atom is -0.395 e. The standard InChI is InChI=1S/C9H19N3O3/c1-3-10-9(15)11-8(14)7-12(4-2)5-6-13/h13H,3-7H2,1-2H3,(H2,10,11,14,15). The molecule has 88 valence electrons. The molecule has 0 aliphatic heterocycles. The van der Waals surface area contributed by atoms with Crippen LogP contribution in [0.25, 0.3) is 0 Å². The van der Waals surface area contributed by atoms with Gasteiger partial charge in [0.15, 0.2) is 0 Å². The van der Waals surface area contributed by atoms with Crippen molar-refractivity contribution in [3.8, 4) is 0 Å². The quantitative estimate of drug-likeness (QED) is 0.541. The van der Waals surface area contributed by atoms with Crippen molar-refractivity contribution in [2.24, 2.45) is 0 Å². The number of hydrogen-bond acceptors (Lipinski definition) is 4. The number of hydrogen-bond donors (Lipinski definition) is 3. The highest BCUT2D eigenvalue weighted by Gasteiger charge is 2.10. The van der Waals surface area contributed by atoms with E-state index < -0.39 is 6.03 Å². The number of aliphatic hydroxyl groups excluding tert-OH is 1. The summed E-state index contributed by atoms with van der Waals surface area (Å²) in [5.41, 5.74) is 0. The Labute approximate surface area is 89.6 Å². The summed E-state index contributed by atoms with van der Waals surface area (Å²) in [6.07, 6.45) is 0. The highest BCUT2D eigenvalue weighted by atomic mass is 16.3. The maximum absolute atomic E-state index is 11.3. The van der Waals surface area contributed by atoms with Crippen LogP contribution in [0.1, 0.15) is 13.8 Å². The molecule has 0 radical (unpaired) electrons. The van der Waals surface area contributed by atoms with E-state index in [1.165, 1.54) is 0 Å². The number of urea groups is 1. The first-order chi connectivity index (χ1) is 7.13. The zero-order chi connectivity index (χ0) is 11.7. The van der Waals surface area contributed by atoms with Gasteiger partial charge in [-0.2, -0.15) is 0 Å². The normalized spacial score (nSPS) is 10.1. The number of rotatable bonds is 6. The second-order valence-electron chi connectivity index (χ2n) is 3.00. The van der Waals surface area contributed by atoms with Crippen molar-refractivity contribution in [3.05, 3.63) is 0 Å². The van der Waals surface area contributed by atoms with Crippen molar-refractivity contribution in [3.63, 3.8) is 0 Å². The number of nitrogens with one attached hydrogen (secondary N) is 2. The monoisotopic (exact) mass is 217 g/mol. The second-order valence-corrected chi connectivity index (χ2v) is 3.00. The summed E-state index contributed by atoms with van der Waals surface area (Å²) in [5, 5.41) is 13.3. The minimum absolute atomic E-state index is 0.00226. The third kappa shape index (κ3) is 6.87. The van der Waals surface area contributed by atoms with E-state index in [1.54, 1.807) is 11.8 Å². The van der Waals surface area contributed by atoms with Gasteiger partial charge in [-0.15, -0.1) is 0 Å². The molecule has 0 aliphatic carbocycles. The first-order valence-electron chi connectivity index (χ1n) is 5.04. The van der Waals surface area contributed by atoms with Crippen LogP contribution in [0.15, 0.2) is 0 Å². The maximum atomic E-state index is 11.3. The summed E-state index contributed by atoms with van der Waals surface area (Å²) >= 11 is 0. The zero-order valence-electron chi connectivity index (χ0n) is 9.25. The average molecular weight is 217 g/mol. The van der Waals surface area contributed by atoms with Crippen LogP contribution in [-0.4, -0.2) is 54.7 Å². The fraction of sp³-hybridized carbons (Fsp3) is 0.778. The fourth-order valence-electron chi connectivity index (χ4n) is 1.06. The molecule has 6 heteroatoms. The third-order valence-electron chi connectivity index (χ3n) is 1.82. The van der Waals surface area contributed by atoms with Gasteiger partial charge < -0.3 is 10.4 Å². The van der Waals surface area contributed by atoms with Gasteiger partial charge in [0.05, 0.1) is 13.2 Å². The fourth-order valence-corrected chi connectivity index (χ4v) is 1.06. The Bertz CT molecular complexity index is 209. The van der Waals surface area contributed by atoms with Gasteiger partial charge in [-0.1, -0.05) is 6.92 Å². The Morgan fingerprint density at radius 1 is 1.33 bits per heavy atom. The molecular formula is C9H19N3O3. The van der Waals surface area contributed by atoms with Crippen LogP contribution >= 0.6 is 0 Å². The van der Waals surface area contributed by atoms with Gasteiger partial charge in [0.25, 0.3) is 0 Å². The first-order valence-corrected chi connectivity index (χ1v) is 5.04. The molecule has 0 atom stereocenters. The topological polar surface area (TPSA) is 81.7 Å². The van der Waals surface area contributed by atoms with E-state index in [1.807, 2.05) is 6.92 Å². The van der Waals surface area contributed by atoms with Gasteiger partial charge in [-0.05, 0) is 13.5 Å². The Morgan fingerprint density at radius 3 is 2.47 bits per heavy atom. The van der Waals surface area contributed by atoms with E-state index in [0.29, 0.717) is 19.6 Å². The molecule has 0 bridgehead atoms. The van der Waals surface area contributed by atoms with Gasteiger partial charge in [0.2, 0.25) is 5.91 Å². The Hall–Kier alpha value is -1.14. The molecule has 0 saturated carbocycles. The lowest BCUT2D eigenvalue weighted by atomic mass is 10.4. The van der Waals surface area contributed by atoms with E-state index in [-0.39, 0.29) is 19.1 Å². The molecule has 0 aromatic carbocycles. The number of amides is 3. The lowest BCUT2D eigenvalue weighted by molar-refractivity contribution is -0.121. The van der Waals surface area contributed by atoms with Gasteiger partial charge in [0, 0.05) is 13.1 Å². The number of imide groups is 1. The average Bonchev–Trinajstić information content (AvgIpc) is 2.17. The van der Waals surface area contributed by atoms with Crippen molar-refractivity contribution in [1.29, 1.82) is 0 Å². The zero-order valence-corrected chi connectivity index (χ0v) is 9.25. The Balaban J connectivity index is 3.84. The summed E-state index contributed by atoms with van der Waals surface area (Å²) in [5.74, 6) is -0.365. The number of likely N-dealkylation sites (N-methyl/N-ethyl adjacent to an activating group) is 1. The van der Waals surface area contributed by atoms with Gasteiger partial charge in [-0.25, -0.2) is 4.79 Å². The van der Waals surface area contributed by atoms with Crippen LogP contribution in [0, 0.1) is 0 Å². The summed E-state index contributed by atoms with van der Waals surface area (Å²) in [4.78, 5) is 24.0. The molecule has 15 heavy (non-hydrogen) atoms. The van der Waals surface area contributed by atoms with Crippen molar-refractivity contribution in [1.82, 2.24) is 15.5 Å². The van der Waals surface area contributed by atoms with Crippen LogP contribution in [0.3, 0.4) is 0 Å². The van der Waals surface area contributed by atoms with Crippen molar-refractivity contribution in [2.75, 3.05) is 32.8 Å². The van der Waals surface area contributed by atoms with Crippen LogP contribution < -0.4 is 10.6 Å². The largest absolute Gasteiger partial charge is 0.395 e. The minimum atomic E-state index is -0.484. The highest BCUT2D eigenvalue weighted by molar-refractivity contribution is 5.95. The second kappa shape index (κ2) is 8.19. The smallest absolute Gasteiger partial charge is 0.321 e. The molecule has 0 aromatic heterocycles. The Kier molecular flexibility index (Phi) is 7.57. The molecule has 0 aliphatic rings. The molecule has 0 fully saturated rings. The summed E-state index contributed by atoms with van der Waals surface area (Å²) in [6.45, 7) is 5.34. The van der Waals surface area contributed by atoms with E-state index in [2.05, 4.69) is 10.6 Å². The SMILES string of the molecule is CCNC(=O)NC(=O)CN(CC)CCO. The summed E-state index contributed by atoms with van der Waals surface area (Å²) in [6, 6.07) is -0.484. The number of nitrogens with zero attached hydrogens (tertiary/aromatic N) is 1. The molecule has 3 amide bonds. The number of aliphatic hydroxyl groups is 1. The van der Waals surface area contributed by atoms with Crippen molar-refractivity contribution >= 4 is 11.9 Å². The van der Waals surface area contributed by atoms with E-state index in [0.717, 1.165) is 0 Å². The third-order valence-corrected chi connectivity index (χ3v) is 1.82. The van der Waals surface area contributed by atoms with E-state index in [4.69, 9.17) is 5.11 Å². The van der Waals surface area contributed by atoms with Crippen molar-refractivity contribution in [2.45, 2.75) is 13.8 Å². The Morgan fingerprint density at radius 2 is 2.00 bits per heavy atom. The summed E-state index contributed by atoms with van der Waals surface area (Å²) in [7, 11) is 0. The molecular weight excluding hydrogens is 198 g/mol. The van der Waals surface area contributed by atoms with Crippen LogP contribution in [-0.2, 0) is 4.79 Å². The highest BCUT2D eigenvalue weighted by Crippen LogP contribution is 1.86. The van der Waals surface area contributed by atoms with Gasteiger partial charge >= 0.3 is 6.03 Å². The molecule has 6 nitrogen and oxygen atoms in total. The van der Waals surface area contributed by atoms with E-state index >= 15 is 0 Å². The van der Waals surface area contributed by atoms with Gasteiger partial charge in [0.1, 0.15) is 0 Å². The molecule has 0 aromatic rings.